The molecule has 1 aromatic heterocycles. The van der Waals surface area contributed by atoms with Gasteiger partial charge in [-0.3, -0.25) is 9.10 Å². The van der Waals surface area contributed by atoms with Crippen LogP contribution in [0.25, 0.3) is 0 Å². The predicted molar refractivity (Wildman–Crippen MR) is 91.8 cm³/mol. The second-order valence-corrected chi connectivity index (χ2v) is 7.59. The van der Waals surface area contributed by atoms with E-state index in [1.165, 1.54) is 22.8 Å². The first-order chi connectivity index (χ1) is 10.9. The summed E-state index contributed by atoms with van der Waals surface area (Å²) in [5.41, 5.74) is 0.447. The van der Waals surface area contributed by atoms with Gasteiger partial charge in [0.1, 0.15) is 5.75 Å². The van der Waals surface area contributed by atoms with E-state index in [1.807, 2.05) is 5.38 Å². The SMILES string of the molecule is COc1ccccc1N(CCNC(=O)c1cccs1)S(C)(=O)=O. The zero-order valence-electron chi connectivity index (χ0n) is 12.9. The predicted octanol–water partition coefficient (Wildman–Crippen LogP) is 1.95. The number of carbonyl (C=O) groups excluding carboxylic acids is 1. The van der Waals surface area contributed by atoms with Crippen LogP contribution in [0.15, 0.2) is 41.8 Å². The van der Waals surface area contributed by atoms with Crippen LogP contribution in [-0.4, -0.2) is 40.8 Å². The van der Waals surface area contributed by atoms with Gasteiger partial charge in [0.2, 0.25) is 10.0 Å². The number of para-hydroxylation sites is 2. The molecule has 1 N–H and O–H groups in total. The fourth-order valence-electron chi connectivity index (χ4n) is 2.07. The molecule has 2 rings (SSSR count). The number of hydrogen-bond donors (Lipinski definition) is 1. The van der Waals surface area contributed by atoms with E-state index in [1.54, 1.807) is 36.4 Å². The van der Waals surface area contributed by atoms with Gasteiger partial charge in [-0.15, -0.1) is 11.3 Å². The molecule has 0 aliphatic rings. The maximum absolute atomic E-state index is 12.1. The molecule has 0 aliphatic carbocycles. The van der Waals surface area contributed by atoms with Gasteiger partial charge in [-0.1, -0.05) is 18.2 Å². The molecule has 0 fully saturated rings. The molecule has 0 saturated heterocycles. The van der Waals surface area contributed by atoms with Gasteiger partial charge in [0.15, 0.2) is 0 Å². The van der Waals surface area contributed by atoms with E-state index < -0.39 is 10.0 Å². The Bertz CT molecular complexity index is 758. The van der Waals surface area contributed by atoms with E-state index in [0.29, 0.717) is 16.3 Å². The van der Waals surface area contributed by atoms with Crippen molar-refractivity contribution in [2.75, 3.05) is 30.8 Å². The highest BCUT2D eigenvalue weighted by atomic mass is 32.2. The van der Waals surface area contributed by atoms with Crippen LogP contribution in [0.1, 0.15) is 9.67 Å². The number of nitrogens with zero attached hydrogens (tertiary/aromatic N) is 1. The zero-order valence-corrected chi connectivity index (χ0v) is 14.5. The Morgan fingerprint density at radius 1 is 1.26 bits per heavy atom. The summed E-state index contributed by atoms with van der Waals surface area (Å²) in [5, 5.41) is 4.53. The highest BCUT2D eigenvalue weighted by molar-refractivity contribution is 7.92. The molecular weight excluding hydrogens is 336 g/mol. The number of benzene rings is 1. The van der Waals surface area contributed by atoms with Crippen molar-refractivity contribution in [3.8, 4) is 5.75 Å². The number of sulfonamides is 1. The highest BCUT2D eigenvalue weighted by Crippen LogP contribution is 2.29. The van der Waals surface area contributed by atoms with Crippen molar-refractivity contribution in [3.63, 3.8) is 0 Å². The minimum absolute atomic E-state index is 0.121. The molecule has 1 aromatic carbocycles. The minimum Gasteiger partial charge on any atom is -0.495 e. The first-order valence-corrected chi connectivity index (χ1v) is 9.58. The number of carbonyl (C=O) groups is 1. The molecule has 0 aliphatic heterocycles. The second-order valence-electron chi connectivity index (χ2n) is 4.74. The zero-order chi connectivity index (χ0) is 16.9. The van der Waals surface area contributed by atoms with Crippen molar-refractivity contribution in [2.24, 2.45) is 0 Å². The summed E-state index contributed by atoms with van der Waals surface area (Å²) in [6.45, 7) is 0.318. The Hall–Kier alpha value is -2.06. The highest BCUT2D eigenvalue weighted by Gasteiger charge is 2.20. The van der Waals surface area contributed by atoms with Crippen LogP contribution in [0.2, 0.25) is 0 Å². The van der Waals surface area contributed by atoms with Crippen LogP contribution in [0.3, 0.4) is 0 Å². The van der Waals surface area contributed by atoms with Crippen LogP contribution in [0, 0.1) is 0 Å². The lowest BCUT2D eigenvalue weighted by atomic mass is 10.3. The number of amides is 1. The van der Waals surface area contributed by atoms with Crippen molar-refractivity contribution >= 4 is 33.0 Å². The molecule has 0 unspecified atom stereocenters. The van der Waals surface area contributed by atoms with E-state index >= 15 is 0 Å². The summed E-state index contributed by atoms with van der Waals surface area (Å²) in [5.74, 6) is 0.246. The Morgan fingerprint density at radius 3 is 2.61 bits per heavy atom. The smallest absolute Gasteiger partial charge is 0.261 e. The third kappa shape index (κ3) is 4.46. The fraction of sp³-hybridized carbons (Fsp3) is 0.267. The van der Waals surface area contributed by atoms with Crippen LogP contribution >= 0.6 is 11.3 Å². The van der Waals surface area contributed by atoms with Crippen molar-refractivity contribution in [2.45, 2.75) is 0 Å². The fourth-order valence-corrected chi connectivity index (χ4v) is 3.64. The van der Waals surface area contributed by atoms with E-state index in [0.717, 1.165) is 6.26 Å². The van der Waals surface area contributed by atoms with Gasteiger partial charge in [0.25, 0.3) is 5.91 Å². The van der Waals surface area contributed by atoms with Crippen molar-refractivity contribution in [3.05, 3.63) is 46.7 Å². The first kappa shape index (κ1) is 17.3. The summed E-state index contributed by atoms with van der Waals surface area (Å²) >= 11 is 1.33. The van der Waals surface area contributed by atoms with Crippen LogP contribution in [0.5, 0.6) is 5.75 Å². The van der Waals surface area contributed by atoms with Gasteiger partial charge >= 0.3 is 0 Å². The Kier molecular flexibility index (Phi) is 5.62. The Morgan fingerprint density at radius 2 is 2.00 bits per heavy atom. The summed E-state index contributed by atoms with van der Waals surface area (Å²) in [4.78, 5) is 12.5. The van der Waals surface area contributed by atoms with Crippen LogP contribution in [-0.2, 0) is 10.0 Å². The van der Waals surface area contributed by atoms with E-state index in [-0.39, 0.29) is 19.0 Å². The number of methoxy groups -OCH3 is 1. The third-order valence-corrected chi connectivity index (χ3v) is 5.15. The number of ether oxygens (including phenoxy) is 1. The largest absolute Gasteiger partial charge is 0.495 e. The van der Waals surface area contributed by atoms with Gasteiger partial charge in [-0.05, 0) is 23.6 Å². The summed E-state index contributed by atoms with van der Waals surface area (Å²) in [6.07, 6.45) is 1.13. The number of anilines is 1. The maximum Gasteiger partial charge on any atom is 0.261 e. The molecule has 0 spiro atoms. The normalized spacial score (nSPS) is 11.0. The molecule has 1 heterocycles. The van der Waals surface area contributed by atoms with Gasteiger partial charge < -0.3 is 10.1 Å². The molecule has 6 nitrogen and oxygen atoms in total. The monoisotopic (exact) mass is 354 g/mol. The van der Waals surface area contributed by atoms with Crippen LogP contribution in [0.4, 0.5) is 5.69 Å². The van der Waals surface area contributed by atoms with Gasteiger partial charge in [-0.25, -0.2) is 8.42 Å². The average Bonchev–Trinajstić information content (AvgIpc) is 3.04. The van der Waals surface area contributed by atoms with Gasteiger partial charge in [0.05, 0.1) is 30.5 Å². The van der Waals surface area contributed by atoms with E-state index in [4.69, 9.17) is 4.74 Å². The number of nitrogens with one attached hydrogen (secondary N) is 1. The lowest BCUT2D eigenvalue weighted by Crippen LogP contribution is -2.38. The lowest BCUT2D eigenvalue weighted by molar-refractivity contribution is 0.0959. The summed E-state index contributed by atoms with van der Waals surface area (Å²) < 4.78 is 30.6. The second kappa shape index (κ2) is 7.47. The lowest BCUT2D eigenvalue weighted by Gasteiger charge is -2.24. The summed E-state index contributed by atoms with van der Waals surface area (Å²) in [7, 11) is -2.01. The van der Waals surface area contributed by atoms with Gasteiger partial charge in [0, 0.05) is 6.54 Å². The average molecular weight is 354 g/mol. The van der Waals surface area contributed by atoms with Gasteiger partial charge in [-0.2, -0.15) is 0 Å². The molecule has 0 atom stereocenters. The van der Waals surface area contributed by atoms with E-state index in [2.05, 4.69) is 5.32 Å². The molecule has 124 valence electrons. The number of thiophene rings is 1. The minimum atomic E-state index is -3.50. The molecule has 1 amide bonds. The Balaban J connectivity index is 2.10. The molecular formula is C15H18N2O4S2. The quantitative estimate of drug-likeness (QED) is 0.825. The summed E-state index contributed by atoms with van der Waals surface area (Å²) in [6, 6.07) is 10.4. The maximum atomic E-state index is 12.1. The molecule has 0 saturated carbocycles. The van der Waals surface area contributed by atoms with E-state index in [9.17, 15) is 13.2 Å². The molecule has 0 radical (unpaired) electrons. The Labute approximate surface area is 139 Å². The molecule has 0 bridgehead atoms. The number of hydrogen-bond acceptors (Lipinski definition) is 5. The topological polar surface area (TPSA) is 75.7 Å². The molecule has 2 aromatic rings. The first-order valence-electron chi connectivity index (χ1n) is 6.86. The molecule has 8 heteroatoms. The van der Waals surface area contributed by atoms with Crippen molar-refractivity contribution < 1.29 is 17.9 Å². The molecule has 23 heavy (non-hydrogen) atoms. The standard InChI is InChI=1S/C15H18N2O4S2/c1-21-13-7-4-3-6-12(13)17(23(2,19)20)10-9-16-15(18)14-8-5-11-22-14/h3-8,11H,9-10H2,1-2H3,(H,16,18). The van der Waals surface area contributed by atoms with Crippen molar-refractivity contribution in [1.82, 2.24) is 5.32 Å². The third-order valence-electron chi connectivity index (χ3n) is 3.10. The van der Waals surface area contributed by atoms with Crippen LogP contribution < -0.4 is 14.4 Å². The van der Waals surface area contributed by atoms with Crippen molar-refractivity contribution in [1.29, 1.82) is 0 Å². The number of rotatable bonds is 7.